The molecule has 0 aliphatic heterocycles. The number of amides is 2. The molecular formula is C17H19FN2O3. The molecule has 0 atom stereocenters. The average Bonchev–Trinajstić information content (AvgIpc) is 2.56. The molecule has 5 nitrogen and oxygen atoms in total. The fourth-order valence-electron chi connectivity index (χ4n) is 2.06. The molecule has 0 heterocycles. The Morgan fingerprint density at radius 2 is 1.74 bits per heavy atom. The van der Waals surface area contributed by atoms with Crippen molar-refractivity contribution in [3.05, 3.63) is 53.8 Å². The zero-order valence-corrected chi connectivity index (χ0v) is 13.1. The molecule has 0 saturated heterocycles. The number of benzene rings is 2. The number of methoxy groups -OCH3 is 2. The Balaban J connectivity index is 1.83. The van der Waals surface area contributed by atoms with Gasteiger partial charge in [0.1, 0.15) is 5.82 Å². The van der Waals surface area contributed by atoms with E-state index in [4.69, 9.17) is 9.47 Å². The van der Waals surface area contributed by atoms with Gasteiger partial charge in [0.25, 0.3) is 0 Å². The molecule has 23 heavy (non-hydrogen) atoms. The maximum atomic E-state index is 12.8. The Morgan fingerprint density at radius 1 is 1.04 bits per heavy atom. The van der Waals surface area contributed by atoms with Gasteiger partial charge < -0.3 is 20.1 Å². The summed E-state index contributed by atoms with van der Waals surface area (Å²) in [4.78, 5) is 11.9. The van der Waals surface area contributed by atoms with Crippen LogP contribution in [0.25, 0.3) is 0 Å². The van der Waals surface area contributed by atoms with E-state index in [0.717, 1.165) is 5.56 Å². The normalized spacial score (nSPS) is 10.0. The van der Waals surface area contributed by atoms with E-state index in [0.29, 0.717) is 30.2 Å². The number of anilines is 1. The van der Waals surface area contributed by atoms with Gasteiger partial charge in [-0.15, -0.1) is 0 Å². The molecule has 6 heteroatoms. The van der Waals surface area contributed by atoms with Crippen molar-refractivity contribution in [1.82, 2.24) is 5.32 Å². The lowest BCUT2D eigenvalue weighted by Crippen LogP contribution is -2.30. The molecule has 0 aliphatic carbocycles. The first kappa shape index (κ1) is 16.6. The monoisotopic (exact) mass is 318 g/mol. The standard InChI is InChI=1S/C17H19FN2O3/c1-22-15-8-7-14(11-16(15)23-2)20-17(21)19-10-9-12-3-5-13(18)6-4-12/h3-8,11H,9-10H2,1-2H3,(H2,19,20,21). The molecule has 2 N–H and O–H groups in total. The zero-order chi connectivity index (χ0) is 16.7. The molecule has 0 fully saturated rings. The van der Waals surface area contributed by atoms with Crippen molar-refractivity contribution in [3.8, 4) is 11.5 Å². The van der Waals surface area contributed by atoms with Crippen LogP contribution in [0.2, 0.25) is 0 Å². The first-order chi connectivity index (χ1) is 11.1. The lowest BCUT2D eigenvalue weighted by Gasteiger charge is -2.11. The summed E-state index contributed by atoms with van der Waals surface area (Å²) in [6.07, 6.45) is 0.625. The van der Waals surface area contributed by atoms with Gasteiger partial charge in [0.05, 0.1) is 14.2 Å². The summed E-state index contributed by atoms with van der Waals surface area (Å²) in [7, 11) is 3.08. The maximum absolute atomic E-state index is 12.8. The summed E-state index contributed by atoms with van der Waals surface area (Å²) < 4.78 is 23.1. The predicted octanol–water partition coefficient (Wildman–Crippen LogP) is 3.21. The molecule has 122 valence electrons. The molecule has 2 aromatic carbocycles. The second-order valence-corrected chi connectivity index (χ2v) is 4.83. The zero-order valence-electron chi connectivity index (χ0n) is 13.1. The first-order valence-corrected chi connectivity index (χ1v) is 7.13. The van der Waals surface area contributed by atoms with Gasteiger partial charge in [-0.05, 0) is 36.2 Å². The molecular weight excluding hydrogens is 299 g/mol. The number of hydrogen-bond donors (Lipinski definition) is 2. The van der Waals surface area contributed by atoms with Crippen molar-refractivity contribution >= 4 is 11.7 Å². The van der Waals surface area contributed by atoms with Gasteiger partial charge in [-0.2, -0.15) is 0 Å². The molecule has 2 amide bonds. The summed E-state index contributed by atoms with van der Waals surface area (Å²) in [6, 6.07) is 11.0. The van der Waals surface area contributed by atoms with E-state index in [-0.39, 0.29) is 11.8 Å². The van der Waals surface area contributed by atoms with Gasteiger partial charge in [-0.1, -0.05) is 12.1 Å². The Bertz CT molecular complexity index is 659. The number of hydrogen-bond acceptors (Lipinski definition) is 3. The van der Waals surface area contributed by atoms with Crippen LogP contribution in [0.1, 0.15) is 5.56 Å². The summed E-state index contributed by atoms with van der Waals surface area (Å²) in [6.45, 7) is 0.449. The largest absolute Gasteiger partial charge is 0.493 e. The molecule has 0 radical (unpaired) electrons. The minimum Gasteiger partial charge on any atom is -0.493 e. The van der Waals surface area contributed by atoms with Gasteiger partial charge in [-0.25, -0.2) is 9.18 Å². The highest BCUT2D eigenvalue weighted by Gasteiger charge is 2.07. The van der Waals surface area contributed by atoms with E-state index < -0.39 is 0 Å². The van der Waals surface area contributed by atoms with Gasteiger partial charge in [0.2, 0.25) is 0 Å². The quantitative estimate of drug-likeness (QED) is 0.860. The number of nitrogens with one attached hydrogen (secondary N) is 2. The SMILES string of the molecule is COc1ccc(NC(=O)NCCc2ccc(F)cc2)cc1OC. The lowest BCUT2D eigenvalue weighted by molar-refractivity contribution is 0.252. The number of carbonyl (C=O) groups excluding carboxylic acids is 1. The fourth-order valence-corrected chi connectivity index (χ4v) is 2.06. The van der Waals surface area contributed by atoms with Crippen LogP contribution in [-0.4, -0.2) is 26.8 Å². The van der Waals surface area contributed by atoms with E-state index in [9.17, 15) is 9.18 Å². The number of urea groups is 1. The Labute approximate surface area is 134 Å². The second kappa shape index (κ2) is 8.03. The summed E-state index contributed by atoms with van der Waals surface area (Å²) in [5.74, 6) is 0.860. The van der Waals surface area contributed by atoms with E-state index in [1.54, 1.807) is 37.4 Å². The van der Waals surface area contributed by atoms with Crippen molar-refractivity contribution in [2.45, 2.75) is 6.42 Å². The molecule has 0 saturated carbocycles. The van der Waals surface area contributed by atoms with Gasteiger partial charge >= 0.3 is 6.03 Å². The number of halogens is 1. The second-order valence-electron chi connectivity index (χ2n) is 4.83. The lowest BCUT2D eigenvalue weighted by atomic mass is 10.1. The van der Waals surface area contributed by atoms with Crippen LogP contribution < -0.4 is 20.1 Å². The van der Waals surface area contributed by atoms with E-state index in [2.05, 4.69) is 10.6 Å². The first-order valence-electron chi connectivity index (χ1n) is 7.13. The number of rotatable bonds is 6. The third-order valence-corrected chi connectivity index (χ3v) is 3.25. The van der Waals surface area contributed by atoms with Crippen LogP contribution in [0, 0.1) is 5.82 Å². The van der Waals surface area contributed by atoms with Crippen LogP contribution in [0.3, 0.4) is 0 Å². The van der Waals surface area contributed by atoms with Gasteiger partial charge in [0.15, 0.2) is 11.5 Å². The number of ether oxygens (including phenoxy) is 2. The summed E-state index contributed by atoms with van der Waals surface area (Å²) in [5, 5.41) is 5.46. The van der Waals surface area contributed by atoms with E-state index in [1.807, 2.05) is 0 Å². The number of carbonyl (C=O) groups is 1. The van der Waals surface area contributed by atoms with Crippen molar-refractivity contribution in [1.29, 1.82) is 0 Å². The van der Waals surface area contributed by atoms with E-state index >= 15 is 0 Å². The van der Waals surface area contributed by atoms with Crippen LogP contribution >= 0.6 is 0 Å². The van der Waals surface area contributed by atoms with Crippen LogP contribution in [-0.2, 0) is 6.42 Å². The predicted molar refractivity (Wildman–Crippen MR) is 86.7 cm³/mol. The highest BCUT2D eigenvalue weighted by molar-refractivity contribution is 5.89. The van der Waals surface area contributed by atoms with Crippen molar-refractivity contribution in [3.63, 3.8) is 0 Å². The van der Waals surface area contributed by atoms with Crippen LogP contribution in [0.5, 0.6) is 11.5 Å². The average molecular weight is 318 g/mol. The highest BCUT2D eigenvalue weighted by Crippen LogP contribution is 2.29. The maximum Gasteiger partial charge on any atom is 0.319 e. The fraction of sp³-hybridized carbons (Fsp3) is 0.235. The third-order valence-electron chi connectivity index (χ3n) is 3.25. The summed E-state index contributed by atoms with van der Waals surface area (Å²) >= 11 is 0. The summed E-state index contributed by atoms with van der Waals surface area (Å²) in [5.41, 5.74) is 1.56. The molecule has 2 aromatic rings. The molecule has 2 rings (SSSR count). The third kappa shape index (κ3) is 4.88. The topological polar surface area (TPSA) is 59.6 Å². The highest BCUT2D eigenvalue weighted by atomic mass is 19.1. The van der Waals surface area contributed by atoms with Crippen molar-refractivity contribution in [2.75, 3.05) is 26.1 Å². The molecule has 0 aromatic heterocycles. The van der Waals surface area contributed by atoms with Crippen molar-refractivity contribution < 1.29 is 18.7 Å². The molecule has 0 bridgehead atoms. The molecule has 0 aliphatic rings. The van der Waals surface area contributed by atoms with E-state index in [1.165, 1.54) is 19.2 Å². The van der Waals surface area contributed by atoms with Crippen molar-refractivity contribution in [2.24, 2.45) is 0 Å². The van der Waals surface area contributed by atoms with Gasteiger partial charge in [0, 0.05) is 18.3 Å². The Hall–Kier alpha value is -2.76. The smallest absolute Gasteiger partial charge is 0.319 e. The molecule has 0 spiro atoms. The minimum absolute atomic E-state index is 0.270. The van der Waals surface area contributed by atoms with Crippen LogP contribution in [0.15, 0.2) is 42.5 Å². The molecule has 0 unspecified atom stereocenters. The Morgan fingerprint density at radius 3 is 2.39 bits per heavy atom. The van der Waals surface area contributed by atoms with Crippen LogP contribution in [0.4, 0.5) is 14.9 Å². The Kier molecular flexibility index (Phi) is 5.80. The van der Waals surface area contributed by atoms with Gasteiger partial charge in [-0.3, -0.25) is 0 Å². The minimum atomic E-state index is -0.320.